The van der Waals surface area contributed by atoms with Crippen LogP contribution in [0.5, 0.6) is 0 Å². The van der Waals surface area contributed by atoms with Crippen LogP contribution in [0.4, 0.5) is 5.69 Å². The Kier molecular flexibility index (Phi) is 5.04. The van der Waals surface area contributed by atoms with Crippen LogP contribution in [-0.2, 0) is 16.3 Å². The molecule has 3 atom stereocenters. The molecule has 2 aromatic rings. The zero-order chi connectivity index (χ0) is 19.9. The quantitative estimate of drug-likeness (QED) is 0.747. The van der Waals surface area contributed by atoms with Crippen molar-refractivity contribution in [1.29, 1.82) is 0 Å². The van der Waals surface area contributed by atoms with Crippen LogP contribution in [0.2, 0.25) is 0 Å². The van der Waals surface area contributed by atoms with Gasteiger partial charge in [0, 0.05) is 23.5 Å². The van der Waals surface area contributed by atoms with Crippen LogP contribution in [0.1, 0.15) is 48.5 Å². The average Bonchev–Trinajstić information content (AvgIpc) is 3.31. The molecule has 0 N–H and O–H groups in total. The molecule has 2 saturated carbocycles. The van der Waals surface area contributed by atoms with Crippen LogP contribution >= 0.6 is 0 Å². The fraction of sp³-hybridized carbons (Fsp3) is 0.435. The van der Waals surface area contributed by atoms with Gasteiger partial charge in [-0.2, -0.15) is 0 Å². The van der Waals surface area contributed by atoms with E-state index in [9.17, 15) is 13.2 Å². The summed E-state index contributed by atoms with van der Waals surface area (Å²) in [6.45, 7) is 2.11. The number of nitrogens with zero attached hydrogens (tertiary/aromatic N) is 1. The van der Waals surface area contributed by atoms with E-state index in [1.165, 1.54) is 37.1 Å². The van der Waals surface area contributed by atoms with Crippen molar-refractivity contribution in [2.75, 3.05) is 11.2 Å². The van der Waals surface area contributed by atoms with Crippen LogP contribution in [0.15, 0.2) is 53.4 Å². The van der Waals surface area contributed by atoms with Crippen LogP contribution in [0.3, 0.4) is 0 Å². The molecule has 28 heavy (non-hydrogen) atoms. The van der Waals surface area contributed by atoms with E-state index in [-0.39, 0.29) is 16.8 Å². The van der Waals surface area contributed by atoms with Crippen molar-refractivity contribution in [3.63, 3.8) is 0 Å². The first-order valence-electron chi connectivity index (χ1n) is 10.1. The molecule has 0 aliphatic heterocycles. The molecule has 3 unspecified atom stereocenters. The second-order valence-corrected chi connectivity index (χ2v) is 10.3. The molecule has 4 nitrogen and oxygen atoms in total. The summed E-state index contributed by atoms with van der Waals surface area (Å²) in [5.74, 6) is 1.15. The van der Waals surface area contributed by atoms with E-state index >= 15 is 0 Å². The zero-order valence-electron chi connectivity index (χ0n) is 16.5. The predicted molar refractivity (Wildman–Crippen MR) is 111 cm³/mol. The standard InChI is InChI=1S/C23H27NO3S/c1-3-16-6-4-8-20(13-16)24(22-14-17-10-11-18(22)12-17)23(25)19-7-5-9-21(15-19)28(2,26)27/h4-9,13,15,17-18,22H,3,10-12,14H2,1-2H3. The SMILES string of the molecule is CCc1cccc(N(C(=O)c2cccc(S(C)(=O)=O)c2)C2CC3CCC2C3)c1. The van der Waals surface area contributed by atoms with E-state index in [2.05, 4.69) is 19.1 Å². The van der Waals surface area contributed by atoms with Gasteiger partial charge in [-0.25, -0.2) is 8.42 Å². The van der Waals surface area contributed by atoms with E-state index in [0.717, 1.165) is 18.5 Å². The Labute approximate surface area is 167 Å². The Morgan fingerprint density at radius 1 is 1.07 bits per heavy atom. The van der Waals surface area contributed by atoms with Gasteiger partial charge in [-0.3, -0.25) is 4.79 Å². The second kappa shape index (κ2) is 7.36. The van der Waals surface area contributed by atoms with Gasteiger partial charge in [-0.1, -0.05) is 31.5 Å². The fourth-order valence-electron chi connectivity index (χ4n) is 4.91. The Balaban J connectivity index is 1.76. The molecule has 0 saturated heterocycles. The lowest BCUT2D eigenvalue weighted by molar-refractivity contribution is 0.0967. The fourth-order valence-corrected chi connectivity index (χ4v) is 5.58. The van der Waals surface area contributed by atoms with Crippen molar-refractivity contribution in [3.05, 3.63) is 59.7 Å². The third kappa shape index (κ3) is 3.60. The summed E-state index contributed by atoms with van der Waals surface area (Å²) >= 11 is 0. The van der Waals surface area contributed by atoms with Crippen molar-refractivity contribution < 1.29 is 13.2 Å². The Bertz CT molecular complexity index is 998. The largest absolute Gasteiger partial charge is 0.305 e. The maximum Gasteiger partial charge on any atom is 0.258 e. The highest BCUT2D eigenvalue weighted by atomic mass is 32.2. The van der Waals surface area contributed by atoms with Crippen LogP contribution in [-0.4, -0.2) is 26.6 Å². The van der Waals surface area contributed by atoms with Gasteiger partial charge in [0.25, 0.3) is 5.91 Å². The number of fused-ring (bicyclic) bond motifs is 2. The number of hydrogen-bond donors (Lipinski definition) is 0. The maximum absolute atomic E-state index is 13.6. The lowest BCUT2D eigenvalue weighted by Gasteiger charge is -2.35. The Hall–Kier alpha value is -2.14. The Morgan fingerprint density at radius 2 is 1.86 bits per heavy atom. The maximum atomic E-state index is 13.6. The third-order valence-corrected chi connectivity index (χ3v) is 7.47. The van der Waals surface area contributed by atoms with E-state index in [1.54, 1.807) is 18.2 Å². The predicted octanol–water partition coefficient (Wildman–Crippen LogP) is 4.49. The van der Waals surface area contributed by atoms with E-state index in [0.29, 0.717) is 17.4 Å². The monoisotopic (exact) mass is 397 g/mol. The number of benzene rings is 2. The zero-order valence-corrected chi connectivity index (χ0v) is 17.3. The molecular weight excluding hydrogens is 370 g/mol. The smallest absolute Gasteiger partial charge is 0.258 e. The van der Waals surface area contributed by atoms with Crippen molar-refractivity contribution >= 4 is 21.4 Å². The number of sulfone groups is 1. The number of carbonyl (C=O) groups is 1. The molecule has 1 amide bonds. The summed E-state index contributed by atoms with van der Waals surface area (Å²) in [4.78, 5) is 15.8. The van der Waals surface area contributed by atoms with Crippen molar-refractivity contribution in [3.8, 4) is 0 Å². The summed E-state index contributed by atoms with van der Waals surface area (Å²) < 4.78 is 23.9. The molecule has 2 aliphatic carbocycles. The molecule has 0 aromatic heterocycles. The number of carbonyl (C=O) groups excluding carboxylic acids is 1. The lowest BCUT2D eigenvalue weighted by Crippen LogP contribution is -2.43. The minimum atomic E-state index is -3.36. The van der Waals surface area contributed by atoms with Crippen molar-refractivity contribution in [2.45, 2.75) is 50.0 Å². The summed E-state index contributed by atoms with van der Waals surface area (Å²) in [5, 5.41) is 0. The van der Waals surface area contributed by atoms with Crippen LogP contribution in [0, 0.1) is 11.8 Å². The molecule has 2 aliphatic rings. The molecule has 0 radical (unpaired) electrons. The average molecular weight is 398 g/mol. The van der Waals surface area contributed by atoms with E-state index in [4.69, 9.17) is 0 Å². The number of amides is 1. The number of anilines is 1. The van der Waals surface area contributed by atoms with Crippen LogP contribution < -0.4 is 4.90 Å². The minimum absolute atomic E-state index is 0.101. The molecule has 0 heterocycles. The number of aryl methyl sites for hydroxylation is 1. The minimum Gasteiger partial charge on any atom is -0.305 e. The molecule has 148 valence electrons. The first-order chi connectivity index (χ1) is 13.4. The summed E-state index contributed by atoms with van der Waals surface area (Å²) in [5.41, 5.74) is 2.56. The highest BCUT2D eigenvalue weighted by Crippen LogP contribution is 2.48. The third-order valence-electron chi connectivity index (χ3n) is 6.36. The van der Waals surface area contributed by atoms with E-state index in [1.807, 2.05) is 17.0 Å². The Morgan fingerprint density at radius 3 is 2.50 bits per heavy atom. The molecular formula is C23H27NO3S. The van der Waals surface area contributed by atoms with Gasteiger partial charge in [0.2, 0.25) is 0 Å². The van der Waals surface area contributed by atoms with Gasteiger partial charge >= 0.3 is 0 Å². The van der Waals surface area contributed by atoms with Crippen LogP contribution in [0.25, 0.3) is 0 Å². The number of rotatable bonds is 5. The molecule has 0 spiro atoms. The summed E-state index contributed by atoms with van der Waals surface area (Å²) in [6, 6.07) is 14.8. The second-order valence-electron chi connectivity index (χ2n) is 8.24. The van der Waals surface area contributed by atoms with Gasteiger partial charge in [-0.05, 0) is 73.4 Å². The molecule has 2 fully saturated rings. The van der Waals surface area contributed by atoms with Gasteiger partial charge < -0.3 is 4.90 Å². The first kappa shape index (κ1) is 19.2. The topological polar surface area (TPSA) is 54.5 Å². The van der Waals surface area contributed by atoms with Crippen molar-refractivity contribution in [1.82, 2.24) is 0 Å². The molecule has 2 bridgehead atoms. The summed E-state index contributed by atoms with van der Waals surface area (Å²) in [6.07, 6.45) is 6.77. The highest BCUT2D eigenvalue weighted by Gasteiger charge is 2.44. The normalized spacial score (nSPS) is 23.7. The van der Waals surface area contributed by atoms with E-state index < -0.39 is 9.84 Å². The summed E-state index contributed by atoms with van der Waals surface area (Å²) in [7, 11) is -3.36. The molecule has 5 heteroatoms. The highest BCUT2D eigenvalue weighted by molar-refractivity contribution is 7.90. The first-order valence-corrected chi connectivity index (χ1v) is 12.0. The van der Waals surface area contributed by atoms with Gasteiger partial charge in [0.05, 0.1) is 4.90 Å². The molecule has 4 rings (SSSR count). The van der Waals surface area contributed by atoms with Gasteiger partial charge in [0.15, 0.2) is 9.84 Å². The molecule has 2 aromatic carbocycles. The van der Waals surface area contributed by atoms with Crippen molar-refractivity contribution in [2.24, 2.45) is 11.8 Å². The lowest BCUT2D eigenvalue weighted by atomic mass is 9.92. The number of hydrogen-bond acceptors (Lipinski definition) is 3. The van der Waals surface area contributed by atoms with Gasteiger partial charge in [0.1, 0.15) is 0 Å². The van der Waals surface area contributed by atoms with Gasteiger partial charge in [-0.15, -0.1) is 0 Å².